The molecule has 3 aromatic rings. The predicted molar refractivity (Wildman–Crippen MR) is 120 cm³/mol. The van der Waals surface area contributed by atoms with E-state index in [4.69, 9.17) is 0 Å². The molecule has 30 heavy (non-hydrogen) atoms. The number of aromatic hydroxyl groups is 1. The molecule has 1 heterocycles. The highest BCUT2D eigenvalue weighted by Gasteiger charge is 2.72. The first-order valence-corrected chi connectivity index (χ1v) is 11.2. The predicted octanol–water partition coefficient (Wildman–Crippen LogP) is 4.80. The van der Waals surface area contributed by atoms with E-state index in [1.807, 2.05) is 48.5 Å². The van der Waals surface area contributed by atoms with E-state index in [2.05, 4.69) is 31.9 Å². The molecule has 4 nitrogen and oxygen atoms in total. The molecule has 0 unspecified atom stereocenters. The Bertz CT molecular complexity index is 1150. The van der Waals surface area contributed by atoms with Gasteiger partial charge in [-0.25, -0.2) is 4.90 Å². The summed E-state index contributed by atoms with van der Waals surface area (Å²) in [5.41, 5.74) is 4.18. The normalized spacial score (nSPS) is 30.8. The van der Waals surface area contributed by atoms with Crippen LogP contribution in [0.3, 0.4) is 0 Å². The summed E-state index contributed by atoms with van der Waals surface area (Å²) in [4.78, 5) is 28.8. The summed E-state index contributed by atoms with van der Waals surface area (Å²) in [5.74, 6) is -2.00. The SMILES string of the molecule is O=C1[C@H]2[C@H](C(=O)N1c1ccccc1O)C1(Br)c3ccccc3C2(Br)c2ccccc21. The van der Waals surface area contributed by atoms with Gasteiger partial charge in [-0.05, 0) is 34.4 Å². The summed E-state index contributed by atoms with van der Waals surface area (Å²) in [6, 6.07) is 22.4. The van der Waals surface area contributed by atoms with Crippen molar-refractivity contribution >= 4 is 49.4 Å². The van der Waals surface area contributed by atoms with Gasteiger partial charge in [-0.15, -0.1) is 0 Å². The van der Waals surface area contributed by atoms with E-state index in [0.717, 1.165) is 27.2 Å². The second kappa shape index (κ2) is 5.83. The molecule has 2 amide bonds. The molecule has 3 aromatic carbocycles. The van der Waals surface area contributed by atoms with Crippen molar-refractivity contribution in [3.63, 3.8) is 0 Å². The van der Waals surface area contributed by atoms with Gasteiger partial charge < -0.3 is 5.11 Å². The average molecular weight is 525 g/mol. The van der Waals surface area contributed by atoms with Crippen LogP contribution >= 0.6 is 31.9 Å². The number of amides is 2. The first-order valence-electron chi connectivity index (χ1n) is 9.65. The number of carbonyl (C=O) groups is 2. The van der Waals surface area contributed by atoms with Crippen LogP contribution in [0.1, 0.15) is 22.3 Å². The third-order valence-corrected chi connectivity index (χ3v) is 9.40. The Hall–Kier alpha value is -2.44. The second-order valence-electron chi connectivity index (χ2n) is 7.97. The fourth-order valence-corrected chi connectivity index (χ4v) is 7.86. The van der Waals surface area contributed by atoms with Crippen molar-refractivity contribution in [1.29, 1.82) is 0 Å². The van der Waals surface area contributed by atoms with E-state index in [1.165, 1.54) is 6.07 Å². The number of phenols is 1. The number of rotatable bonds is 1. The van der Waals surface area contributed by atoms with Gasteiger partial charge in [-0.1, -0.05) is 92.5 Å². The highest BCUT2D eigenvalue weighted by molar-refractivity contribution is 9.10. The second-order valence-corrected chi connectivity index (χ2v) is 10.5. The number of phenolic OH excluding ortho intramolecular Hbond substituents is 1. The molecule has 4 aliphatic rings. The Balaban J connectivity index is 1.68. The van der Waals surface area contributed by atoms with Crippen LogP contribution in [-0.4, -0.2) is 16.9 Å². The van der Waals surface area contributed by atoms with Gasteiger partial charge in [0.2, 0.25) is 11.8 Å². The number of carbonyl (C=O) groups excluding carboxylic acids is 2. The topological polar surface area (TPSA) is 57.6 Å². The first-order chi connectivity index (χ1) is 14.4. The Morgan fingerprint density at radius 1 is 0.667 bits per heavy atom. The van der Waals surface area contributed by atoms with Crippen LogP contribution in [0, 0.1) is 11.8 Å². The molecule has 148 valence electrons. The maximum atomic E-state index is 13.8. The van der Waals surface area contributed by atoms with Crippen molar-refractivity contribution < 1.29 is 14.7 Å². The molecule has 0 spiro atoms. The molecule has 0 radical (unpaired) electrons. The van der Waals surface area contributed by atoms with Crippen LogP contribution in [-0.2, 0) is 18.2 Å². The van der Waals surface area contributed by atoms with E-state index in [-0.39, 0.29) is 23.3 Å². The Labute approximate surface area is 189 Å². The highest BCUT2D eigenvalue weighted by atomic mass is 79.9. The molecule has 1 fully saturated rings. The molecule has 7 rings (SSSR count). The number of hydrogen-bond donors (Lipinski definition) is 1. The van der Waals surface area contributed by atoms with Crippen molar-refractivity contribution in [1.82, 2.24) is 0 Å². The molecular formula is C24H15Br2NO3. The molecule has 0 aromatic heterocycles. The Morgan fingerprint density at radius 2 is 1.03 bits per heavy atom. The average Bonchev–Trinajstić information content (AvgIpc) is 3.04. The molecule has 3 aliphatic carbocycles. The van der Waals surface area contributed by atoms with Crippen LogP contribution < -0.4 is 4.90 Å². The van der Waals surface area contributed by atoms with Crippen LogP contribution in [0.2, 0.25) is 0 Å². The summed E-state index contributed by atoms with van der Waals surface area (Å²) >= 11 is 7.93. The van der Waals surface area contributed by atoms with Gasteiger partial charge in [0, 0.05) is 0 Å². The van der Waals surface area contributed by atoms with E-state index < -0.39 is 20.5 Å². The Kier molecular flexibility index (Phi) is 3.56. The van der Waals surface area contributed by atoms with E-state index >= 15 is 0 Å². The van der Waals surface area contributed by atoms with Gasteiger partial charge in [0.25, 0.3) is 0 Å². The minimum absolute atomic E-state index is 0.0903. The van der Waals surface area contributed by atoms with Gasteiger partial charge in [-0.3, -0.25) is 9.59 Å². The lowest BCUT2D eigenvalue weighted by atomic mass is 9.54. The monoisotopic (exact) mass is 523 g/mol. The van der Waals surface area contributed by atoms with Crippen LogP contribution in [0.5, 0.6) is 5.75 Å². The van der Waals surface area contributed by atoms with Gasteiger partial charge in [-0.2, -0.15) is 0 Å². The third-order valence-electron chi connectivity index (χ3n) is 6.71. The lowest BCUT2D eigenvalue weighted by Crippen LogP contribution is -2.56. The van der Waals surface area contributed by atoms with Gasteiger partial charge in [0.15, 0.2) is 0 Å². The fourth-order valence-electron chi connectivity index (χ4n) is 5.56. The minimum Gasteiger partial charge on any atom is -0.506 e. The maximum Gasteiger partial charge on any atom is 0.240 e. The zero-order valence-corrected chi connectivity index (χ0v) is 18.7. The van der Waals surface area contributed by atoms with E-state index in [1.54, 1.807) is 18.2 Å². The molecule has 1 aliphatic heterocycles. The van der Waals surface area contributed by atoms with Crippen LogP contribution in [0.25, 0.3) is 0 Å². The smallest absolute Gasteiger partial charge is 0.240 e. The number of alkyl halides is 2. The quantitative estimate of drug-likeness (QED) is 0.367. The molecule has 2 atom stereocenters. The van der Waals surface area contributed by atoms with Crippen LogP contribution in [0.4, 0.5) is 5.69 Å². The summed E-state index contributed by atoms with van der Waals surface area (Å²) in [6.45, 7) is 0. The number of halogens is 2. The number of nitrogens with zero attached hydrogens (tertiary/aromatic N) is 1. The van der Waals surface area contributed by atoms with Crippen molar-refractivity contribution in [3.05, 3.63) is 95.1 Å². The summed E-state index contributed by atoms with van der Waals surface area (Å²) in [5, 5.41) is 10.4. The van der Waals surface area contributed by atoms with Gasteiger partial charge in [0.1, 0.15) is 5.75 Å². The third kappa shape index (κ3) is 1.88. The van der Waals surface area contributed by atoms with Crippen LogP contribution in [0.15, 0.2) is 72.8 Å². The lowest BCUT2D eigenvalue weighted by molar-refractivity contribution is -0.122. The largest absolute Gasteiger partial charge is 0.506 e. The highest BCUT2D eigenvalue weighted by Crippen LogP contribution is 2.71. The van der Waals surface area contributed by atoms with Crippen molar-refractivity contribution in [2.45, 2.75) is 8.65 Å². The lowest BCUT2D eigenvalue weighted by Gasteiger charge is -2.55. The number of hydrogen-bond acceptors (Lipinski definition) is 3. The van der Waals surface area contributed by atoms with Crippen molar-refractivity contribution in [3.8, 4) is 5.75 Å². The minimum atomic E-state index is -0.827. The fraction of sp³-hybridized carbons (Fsp3) is 0.167. The number of imide groups is 1. The van der Waals surface area contributed by atoms with Gasteiger partial charge in [0.05, 0.1) is 26.2 Å². The van der Waals surface area contributed by atoms with Crippen molar-refractivity contribution in [2.75, 3.05) is 4.90 Å². The molecule has 2 bridgehead atoms. The summed E-state index contributed by atoms with van der Waals surface area (Å²) < 4.78 is -1.65. The van der Waals surface area contributed by atoms with Crippen molar-refractivity contribution in [2.24, 2.45) is 11.8 Å². The zero-order chi connectivity index (χ0) is 20.8. The first kappa shape index (κ1) is 18.3. The molecule has 0 saturated carbocycles. The zero-order valence-electron chi connectivity index (χ0n) is 15.5. The number of para-hydroxylation sites is 2. The molecule has 6 heteroatoms. The van der Waals surface area contributed by atoms with E-state index in [9.17, 15) is 14.7 Å². The van der Waals surface area contributed by atoms with E-state index in [0.29, 0.717) is 0 Å². The maximum absolute atomic E-state index is 13.8. The Morgan fingerprint density at radius 3 is 1.43 bits per heavy atom. The standard InChI is InChI=1S/C24H15Br2NO3/c25-23-13-7-1-2-8-14(13)24(26,16-10-4-3-9-15(16)23)20-19(23)21(29)27(22(20)30)17-11-5-6-12-18(17)28/h1-12,19-20,28H/t19-,20-,23?,24?/m1/s1. The van der Waals surface area contributed by atoms with Gasteiger partial charge >= 0.3 is 0 Å². The summed E-state index contributed by atoms with van der Waals surface area (Å²) in [7, 11) is 0. The summed E-state index contributed by atoms with van der Waals surface area (Å²) in [6.07, 6.45) is 0. The number of anilines is 1. The number of benzene rings is 3. The molecule has 1 saturated heterocycles. The molecular weight excluding hydrogens is 510 g/mol. The molecule has 1 N–H and O–H groups in total.